The van der Waals surface area contributed by atoms with Crippen molar-refractivity contribution < 1.29 is 4.52 Å². The molecule has 1 atom stereocenters. The molecule has 2 aromatic heterocycles. The highest BCUT2D eigenvalue weighted by Gasteiger charge is 2.18. The third-order valence-electron chi connectivity index (χ3n) is 2.83. The quantitative estimate of drug-likeness (QED) is 0.903. The van der Waals surface area contributed by atoms with Crippen LogP contribution >= 0.6 is 23.2 Å². The normalized spacial score (nSPS) is 12.5. The lowest BCUT2D eigenvalue weighted by Crippen LogP contribution is -2.10. The highest BCUT2D eigenvalue weighted by atomic mass is 35.5. The van der Waals surface area contributed by atoms with Gasteiger partial charge < -0.3 is 15.6 Å². The molecule has 19 heavy (non-hydrogen) atoms. The molecule has 7 heteroatoms. The van der Waals surface area contributed by atoms with Crippen LogP contribution < -0.4 is 11.1 Å². The standard InChI is InChI=1S/C12H14Cl2N4O/c1-5(10-6(2)18-19-7(10)3)16-12-9(14)4-8(13)11(15)17-12/h4-5H,1-3H3,(H3,15,16,17). The third kappa shape index (κ3) is 2.77. The van der Waals surface area contributed by atoms with Crippen LogP contribution in [0.2, 0.25) is 10.0 Å². The highest BCUT2D eigenvalue weighted by Crippen LogP contribution is 2.31. The van der Waals surface area contributed by atoms with Gasteiger partial charge in [0, 0.05) is 5.56 Å². The molecule has 0 aliphatic carbocycles. The van der Waals surface area contributed by atoms with Crippen molar-refractivity contribution in [3.8, 4) is 0 Å². The molecule has 1 unspecified atom stereocenters. The molecule has 0 fully saturated rings. The first kappa shape index (κ1) is 14.0. The van der Waals surface area contributed by atoms with Gasteiger partial charge in [0.2, 0.25) is 0 Å². The molecule has 0 radical (unpaired) electrons. The predicted octanol–water partition coefficient (Wildman–Crippen LogP) is 3.75. The van der Waals surface area contributed by atoms with Crippen LogP contribution in [0.1, 0.15) is 30.0 Å². The van der Waals surface area contributed by atoms with E-state index >= 15 is 0 Å². The average Bonchev–Trinajstić information content (AvgIpc) is 2.66. The fraction of sp³-hybridized carbons (Fsp3) is 0.333. The lowest BCUT2D eigenvalue weighted by Gasteiger charge is -2.16. The van der Waals surface area contributed by atoms with E-state index in [0.29, 0.717) is 15.9 Å². The minimum atomic E-state index is -0.0585. The molecule has 0 bridgehead atoms. The number of nitrogens with zero attached hydrogens (tertiary/aromatic N) is 2. The molecular formula is C12H14Cl2N4O. The van der Waals surface area contributed by atoms with Crippen molar-refractivity contribution in [2.24, 2.45) is 0 Å². The Morgan fingerprint density at radius 3 is 2.58 bits per heavy atom. The third-order valence-corrected chi connectivity index (χ3v) is 3.42. The number of hydrogen-bond donors (Lipinski definition) is 2. The van der Waals surface area contributed by atoms with E-state index in [1.807, 2.05) is 20.8 Å². The minimum Gasteiger partial charge on any atom is -0.382 e. The predicted molar refractivity (Wildman–Crippen MR) is 76.7 cm³/mol. The van der Waals surface area contributed by atoms with E-state index in [9.17, 15) is 0 Å². The number of hydrogen-bond acceptors (Lipinski definition) is 5. The number of rotatable bonds is 3. The van der Waals surface area contributed by atoms with E-state index in [1.54, 1.807) is 6.07 Å². The largest absolute Gasteiger partial charge is 0.382 e. The number of nitrogens with two attached hydrogens (primary N) is 1. The Labute approximate surface area is 121 Å². The first-order valence-electron chi connectivity index (χ1n) is 5.71. The van der Waals surface area contributed by atoms with Gasteiger partial charge in [-0.15, -0.1) is 0 Å². The van der Waals surface area contributed by atoms with Gasteiger partial charge in [-0.2, -0.15) is 0 Å². The number of aryl methyl sites for hydroxylation is 2. The molecule has 3 N–H and O–H groups in total. The van der Waals surface area contributed by atoms with Crippen molar-refractivity contribution in [3.63, 3.8) is 0 Å². The molecule has 2 heterocycles. The Bertz CT molecular complexity index is 593. The van der Waals surface area contributed by atoms with E-state index in [-0.39, 0.29) is 11.9 Å². The summed E-state index contributed by atoms with van der Waals surface area (Å²) < 4.78 is 5.14. The summed E-state index contributed by atoms with van der Waals surface area (Å²) in [5.41, 5.74) is 7.48. The van der Waals surface area contributed by atoms with E-state index < -0.39 is 0 Å². The zero-order valence-electron chi connectivity index (χ0n) is 10.8. The van der Waals surface area contributed by atoms with E-state index in [1.165, 1.54) is 0 Å². The van der Waals surface area contributed by atoms with E-state index in [0.717, 1.165) is 17.0 Å². The number of aromatic nitrogens is 2. The Morgan fingerprint density at radius 1 is 1.32 bits per heavy atom. The maximum Gasteiger partial charge on any atom is 0.147 e. The molecule has 0 aliphatic heterocycles. The van der Waals surface area contributed by atoms with Crippen molar-refractivity contribution in [3.05, 3.63) is 33.1 Å². The van der Waals surface area contributed by atoms with Crippen LogP contribution in [0.4, 0.5) is 11.6 Å². The zero-order valence-corrected chi connectivity index (χ0v) is 12.3. The van der Waals surface area contributed by atoms with Crippen molar-refractivity contribution >= 4 is 34.8 Å². The number of anilines is 2. The summed E-state index contributed by atoms with van der Waals surface area (Å²) in [6.45, 7) is 5.71. The lowest BCUT2D eigenvalue weighted by atomic mass is 10.1. The number of pyridine rings is 1. The van der Waals surface area contributed by atoms with Gasteiger partial charge in [-0.25, -0.2) is 4.98 Å². The zero-order chi connectivity index (χ0) is 14.2. The van der Waals surface area contributed by atoms with Gasteiger partial charge in [-0.3, -0.25) is 0 Å². The first-order valence-corrected chi connectivity index (χ1v) is 6.46. The highest BCUT2D eigenvalue weighted by molar-refractivity contribution is 6.37. The van der Waals surface area contributed by atoms with Gasteiger partial charge in [-0.05, 0) is 26.8 Å². The van der Waals surface area contributed by atoms with Crippen LogP contribution in [0.5, 0.6) is 0 Å². The summed E-state index contributed by atoms with van der Waals surface area (Å²) in [6, 6.07) is 1.50. The summed E-state index contributed by atoms with van der Waals surface area (Å²) in [5, 5.41) is 7.85. The number of nitrogen functional groups attached to an aromatic ring is 1. The average molecular weight is 301 g/mol. The topological polar surface area (TPSA) is 77.0 Å². The fourth-order valence-electron chi connectivity index (χ4n) is 1.97. The first-order chi connectivity index (χ1) is 8.90. The Kier molecular flexibility index (Phi) is 3.87. The monoisotopic (exact) mass is 300 g/mol. The van der Waals surface area contributed by atoms with Gasteiger partial charge in [-0.1, -0.05) is 28.4 Å². The molecule has 0 aromatic carbocycles. The van der Waals surface area contributed by atoms with E-state index in [2.05, 4.69) is 15.5 Å². The van der Waals surface area contributed by atoms with Crippen molar-refractivity contribution in [2.75, 3.05) is 11.1 Å². The molecule has 102 valence electrons. The summed E-state index contributed by atoms with van der Waals surface area (Å²) >= 11 is 11.9. The lowest BCUT2D eigenvalue weighted by molar-refractivity contribution is 0.392. The SMILES string of the molecule is Cc1noc(C)c1C(C)Nc1nc(N)c(Cl)cc1Cl. The molecular weight excluding hydrogens is 287 g/mol. The summed E-state index contributed by atoms with van der Waals surface area (Å²) in [5.74, 6) is 1.48. The number of halogens is 2. The molecule has 5 nitrogen and oxygen atoms in total. The van der Waals surface area contributed by atoms with Crippen LogP contribution in [0.3, 0.4) is 0 Å². The molecule has 2 rings (SSSR count). The van der Waals surface area contributed by atoms with E-state index in [4.69, 9.17) is 33.5 Å². The summed E-state index contributed by atoms with van der Waals surface area (Å²) in [7, 11) is 0. The minimum absolute atomic E-state index is 0.0585. The molecule has 2 aromatic rings. The molecule has 0 saturated carbocycles. The van der Waals surface area contributed by atoms with Crippen LogP contribution in [-0.2, 0) is 0 Å². The summed E-state index contributed by atoms with van der Waals surface area (Å²) in [6.07, 6.45) is 0. The van der Waals surface area contributed by atoms with Gasteiger partial charge >= 0.3 is 0 Å². The van der Waals surface area contributed by atoms with Crippen LogP contribution in [-0.4, -0.2) is 10.1 Å². The second-order valence-electron chi connectivity index (χ2n) is 4.29. The second-order valence-corrected chi connectivity index (χ2v) is 5.10. The maximum atomic E-state index is 6.08. The molecule has 0 amide bonds. The van der Waals surface area contributed by atoms with Crippen molar-refractivity contribution in [2.45, 2.75) is 26.8 Å². The van der Waals surface area contributed by atoms with Crippen molar-refractivity contribution in [1.29, 1.82) is 0 Å². The molecule has 0 aliphatic rings. The second kappa shape index (κ2) is 5.27. The van der Waals surface area contributed by atoms with Crippen LogP contribution in [0, 0.1) is 13.8 Å². The number of nitrogens with one attached hydrogen (secondary N) is 1. The fourth-order valence-corrected chi connectivity index (χ4v) is 2.38. The van der Waals surface area contributed by atoms with Crippen molar-refractivity contribution in [1.82, 2.24) is 10.1 Å². The van der Waals surface area contributed by atoms with Crippen LogP contribution in [0.15, 0.2) is 10.6 Å². The Balaban J connectivity index is 2.29. The van der Waals surface area contributed by atoms with Gasteiger partial charge in [0.25, 0.3) is 0 Å². The van der Waals surface area contributed by atoms with Crippen LogP contribution in [0.25, 0.3) is 0 Å². The van der Waals surface area contributed by atoms with Gasteiger partial charge in [0.05, 0.1) is 21.8 Å². The van der Waals surface area contributed by atoms with Gasteiger partial charge in [0.15, 0.2) is 0 Å². The Morgan fingerprint density at radius 2 is 2.00 bits per heavy atom. The van der Waals surface area contributed by atoms with Gasteiger partial charge in [0.1, 0.15) is 17.4 Å². The summed E-state index contributed by atoms with van der Waals surface area (Å²) in [4.78, 5) is 4.13. The molecule has 0 spiro atoms. The Hall–Kier alpha value is -1.46. The smallest absolute Gasteiger partial charge is 0.147 e. The molecule has 0 saturated heterocycles. The maximum absolute atomic E-state index is 6.08.